The lowest BCUT2D eigenvalue weighted by Gasteiger charge is -2.09. The van der Waals surface area contributed by atoms with Gasteiger partial charge in [0.25, 0.3) is 0 Å². The van der Waals surface area contributed by atoms with E-state index >= 15 is 0 Å². The Kier molecular flexibility index (Phi) is 4.08. The number of aromatic nitrogens is 1. The fourth-order valence-electron chi connectivity index (χ4n) is 1.96. The molecule has 0 spiro atoms. The maximum absolute atomic E-state index is 10.9. The minimum atomic E-state index is -1.07. The number of furan rings is 1. The molecule has 2 rings (SSSR count). The average Bonchev–Trinajstić information content (AvgIpc) is 2.78. The van der Waals surface area contributed by atoms with Crippen molar-refractivity contribution in [2.45, 2.75) is 33.8 Å². The molecule has 1 N–H and O–H groups in total. The molecule has 0 radical (unpaired) electrons. The van der Waals surface area contributed by atoms with Crippen LogP contribution in [0.1, 0.15) is 40.2 Å². The molecule has 106 valence electrons. The van der Waals surface area contributed by atoms with Crippen LogP contribution in [0.25, 0.3) is 0 Å². The molecule has 2 heterocycles. The Morgan fingerprint density at radius 2 is 2.15 bits per heavy atom. The highest BCUT2D eigenvalue weighted by molar-refractivity contribution is 5.86. The fourth-order valence-corrected chi connectivity index (χ4v) is 1.96. The van der Waals surface area contributed by atoms with Gasteiger partial charge in [0, 0.05) is 11.3 Å². The monoisotopic (exact) mass is 275 g/mol. The van der Waals surface area contributed by atoms with Gasteiger partial charge in [0.05, 0.1) is 5.69 Å². The summed E-state index contributed by atoms with van der Waals surface area (Å²) in [4.78, 5) is 15.3. The average molecular weight is 275 g/mol. The predicted octanol–water partition coefficient (Wildman–Crippen LogP) is 3.13. The summed E-state index contributed by atoms with van der Waals surface area (Å²) in [5.41, 5.74) is 2.41. The molecule has 0 saturated carbocycles. The highest BCUT2D eigenvalue weighted by atomic mass is 16.5. The van der Waals surface area contributed by atoms with Crippen molar-refractivity contribution >= 4 is 5.97 Å². The molecule has 0 aromatic carbocycles. The maximum atomic E-state index is 10.9. The molecular weight excluding hydrogens is 258 g/mol. The first-order valence-electron chi connectivity index (χ1n) is 6.43. The molecule has 2 aromatic heterocycles. The highest BCUT2D eigenvalue weighted by Crippen LogP contribution is 2.21. The molecule has 0 aliphatic heterocycles. The lowest BCUT2D eigenvalue weighted by molar-refractivity contribution is 0.0657. The van der Waals surface area contributed by atoms with Crippen LogP contribution < -0.4 is 4.74 Å². The topological polar surface area (TPSA) is 72.6 Å². The van der Waals surface area contributed by atoms with E-state index in [0.717, 1.165) is 17.8 Å². The van der Waals surface area contributed by atoms with Crippen LogP contribution in [0, 0.1) is 13.8 Å². The van der Waals surface area contributed by atoms with Crippen molar-refractivity contribution in [3.05, 3.63) is 46.7 Å². The Bertz CT molecular complexity index is 631. The first-order valence-corrected chi connectivity index (χ1v) is 6.43. The van der Waals surface area contributed by atoms with Crippen molar-refractivity contribution in [2.75, 3.05) is 0 Å². The summed E-state index contributed by atoms with van der Waals surface area (Å²) in [6.07, 6.45) is 0.772. The number of hydrogen-bond donors (Lipinski definition) is 1. The Balaban J connectivity index is 2.13. The summed E-state index contributed by atoms with van der Waals surface area (Å²) in [6.45, 7) is 5.82. The molecule has 0 unspecified atom stereocenters. The number of hydrogen-bond acceptors (Lipinski definition) is 4. The van der Waals surface area contributed by atoms with Crippen LogP contribution in [0.15, 0.2) is 22.6 Å². The zero-order valence-corrected chi connectivity index (χ0v) is 11.8. The summed E-state index contributed by atoms with van der Waals surface area (Å²) in [5.74, 6) is 0.0768. The second-order valence-corrected chi connectivity index (χ2v) is 4.57. The lowest BCUT2D eigenvalue weighted by Crippen LogP contribution is -2.00. The molecule has 5 heteroatoms. The Hall–Kier alpha value is -2.30. The molecule has 5 nitrogen and oxygen atoms in total. The van der Waals surface area contributed by atoms with Crippen molar-refractivity contribution < 1.29 is 19.1 Å². The second kappa shape index (κ2) is 5.77. The standard InChI is InChI=1S/C15H17NO4/c1-4-12-13(6-5-10(3)16-12)19-8-11-7-9(2)14(20-11)15(17)18/h5-7H,4,8H2,1-3H3,(H,17,18). The van der Waals surface area contributed by atoms with E-state index in [0.29, 0.717) is 17.1 Å². The van der Waals surface area contributed by atoms with Gasteiger partial charge in [-0.05, 0) is 38.5 Å². The number of aromatic carboxylic acids is 1. The summed E-state index contributed by atoms with van der Waals surface area (Å²) in [7, 11) is 0. The fraction of sp³-hybridized carbons (Fsp3) is 0.333. The van der Waals surface area contributed by atoms with Gasteiger partial charge in [-0.25, -0.2) is 4.79 Å². The van der Waals surface area contributed by atoms with Gasteiger partial charge >= 0.3 is 5.97 Å². The number of pyridine rings is 1. The number of rotatable bonds is 5. The molecule has 0 bridgehead atoms. The normalized spacial score (nSPS) is 10.6. The van der Waals surface area contributed by atoms with Gasteiger partial charge in [0.15, 0.2) is 0 Å². The van der Waals surface area contributed by atoms with Crippen LogP contribution >= 0.6 is 0 Å². The lowest BCUT2D eigenvalue weighted by atomic mass is 10.2. The van der Waals surface area contributed by atoms with Crippen molar-refractivity contribution in [2.24, 2.45) is 0 Å². The van der Waals surface area contributed by atoms with Gasteiger partial charge < -0.3 is 14.3 Å². The molecule has 0 fully saturated rings. The van der Waals surface area contributed by atoms with E-state index in [4.69, 9.17) is 14.3 Å². The SMILES string of the molecule is CCc1nc(C)ccc1OCc1cc(C)c(C(=O)O)o1. The Labute approximate surface area is 117 Å². The minimum absolute atomic E-state index is 0.0404. The highest BCUT2D eigenvalue weighted by Gasteiger charge is 2.15. The van der Waals surface area contributed by atoms with Crippen LogP contribution in [0.5, 0.6) is 5.75 Å². The molecule has 0 aliphatic rings. The Morgan fingerprint density at radius 1 is 1.40 bits per heavy atom. The molecule has 20 heavy (non-hydrogen) atoms. The first-order chi connectivity index (χ1) is 9.51. The minimum Gasteiger partial charge on any atom is -0.484 e. The number of carbonyl (C=O) groups is 1. The number of nitrogens with zero attached hydrogens (tertiary/aromatic N) is 1. The summed E-state index contributed by atoms with van der Waals surface area (Å²) < 4.78 is 10.9. The van der Waals surface area contributed by atoms with E-state index in [-0.39, 0.29) is 12.4 Å². The number of carboxylic acids is 1. The zero-order valence-electron chi connectivity index (χ0n) is 11.8. The molecule has 0 saturated heterocycles. The van der Waals surface area contributed by atoms with Crippen LogP contribution in [0.3, 0.4) is 0 Å². The third-order valence-corrected chi connectivity index (χ3v) is 2.94. The Morgan fingerprint density at radius 3 is 2.75 bits per heavy atom. The molecule has 2 aromatic rings. The second-order valence-electron chi connectivity index (χ2n) is 4.57. The van der Waals surface area contributed by atoms with Crippen molar-refractivity contribution in [3.8, 4) is 5.75 Å². The third kappa shape index (κ3) is 2.99. The largest absolute Gasteiger partial charge is 0.484 e. The summed E-state index contributed by atoms with van der Waals surface area (Å²) in [5, 5.41) is 8.93. The number of carboxylic acid groups (broad SMARTS) is 1. The predicted molar refractivity (Wildman–Crippen MR) is 73.1 cm³/mol. The quantitative estimate of drug-likeness (QED) is 0.907. The van der Waals surface area contributed by atoms with Crippen molar-refractivity contribution in [1.29, 1.82) is 0 Å². The molecule has 0 aliphatic carbocycles. The van der Waals surface area contributed by atoms with Crippen LogP contribution in [-0.2, 0) is 13.0 Å². The number of ether oxygens (including phenoxy) is 1. The third-order valence-electron chi connectivity index (χ3n) is 2.94. The molecule has 0 atom stereocenters. The van der Waals surface area contributed by atoms with E-state index in [2.05, 4.69) is 4.98 Å². The van der Waals surface area contributed by atoms with Gasteiger partial charge in [0.1, 0.15) is 18.1 Å². The summed E-state index contributed by atoms with van der Waals surface area (Å²) >= 11 is 0. The van der Waals surface area contributed by atoms with E-state index in [1.165, 1.54) is 0 Å². The summed E-state index contributed by atoms with van der Waals surface area (Å²) in [6, 6.07) is 5.43. The van der Waals surface area contributed by atoms with Gasteiger partial charge in [-0.15, -0.1) is 0 Å². The van der Waals surface area contributed by atoms with Crippen LogP contribution in [0.4, 0.5) is 0 Å². The first kappa shape index (κ1) is 14.1. The van der Waals surface area contributed by atoms with Gasteiger partial charge in [-0.1, -0.05) is 6.92 Å². The van der Waals surface area contributed by atoms with E-state index < -0.39 is 5.97 Å². The van der Waals surface area contributed by atoms with Gasteiger partial charge in [-0.3, -0.25) is 4.98 Å². The van der Waals surface area contributed by atoms with Crippen molar-refractivity contribution in [3.63, 3.8) is 0 Å². The molecule has 0 amide bonds. The molecular formula is C15H17NO4. The van der Waals surface area contributed by atoms with Crippen molar-refractivity contribution in [1.82, 2.24) is 4.98 Å². The van der Waals surface area contributed by atoms with Crippen LogP contribution in [0.2, 0.25) is 0 Å². The van der Waals surface area contributed by atoms with Crippen LogP contribution in [-0.4, -0.2) is 16.1 Å². The van der Waals surface area contributed by atoms with E-state index in [1.54, 1.807) is 13.0 Å². The van der Waals surface area contributed by atoms with E-state index in [1.807, 2.05) is 26.0 Å². The van der Waals surface area contributed by atoms with Gasteiger partial charge in [-0.2, -0.15) is 0 Å². The smallest absolute Gasteiger partial charge is 0.372 e. The van der Waals surface area contributed by atoms with E-state index in [9.17, 15) is 4.79 Å². The van der Waals surface area contributed by atoms with Gasteiger partial charge in [0.2, 0.25) is 5.76 Å². The maximum Gasteiger partial charge on any atom is 0.372 e. The number of aryl methyl sites for hydroxylation is 3. The zero-order chi connectivity index (χ0) is 14.7.